The number of nitrogens with zero attached hydrogens (tertiary/aromatic N) is 4. The van der Waals surface area contributed by atoms with Gasteiger partial charge in [0.05, 0.1) is 17.1 Å². The molecule has 0 aliphatic carbocycles. The molecule has 2 amide bonds. The Bertz CT molecular complexity index is 1340. The smallest absolute Gasteiger partial charge is 0.323 e. The van der Waals surface area contributed by atoms with Gasteiger partial charge in [-0.1, -0.05) is 23.7 Å². The molecular weight excluding hydrogens is 452 g/mol. The third kappa shape index (κ3) is 4.75. The lowest BCUT2D eigenvalue weighted by Crippen LogP contribution is -2.21. The summed E-state index contributed by atoms with van der Waals surface area (Å²) < 4.78 is 31.0. The zero-order valence-electron chi connectivity index (χ0n) is 17.3. The minimum Gasteiger partial charge on any atom is -0.368 e. The fourth-order valence-corrected chi connectivity index (χ4v) is 3.34. The summed E-state index contributed by atoms with van der Waals surface area (Å²) in [4.78, 5) is 20.4. The first-order chi connectivity index (χ1) is 15.9. The maximum atomic E-state index is 15.4. The fourth-order valence-electron chi connectivity index (χ4n) is 3.18. The number of amides is 2. The number of hydrogen-bond donors (Lipinski definition) is 3. The van der Waals surface area contributed by atoms with Crippen LogP contribution in [0.1, 0.15) is 6.92 Å². The summed E-state index contributed by atoms with van der Waals surface area (Å²) in [7, 11) is 0. The van der Waals surface area contributed by atoms with E-state index in [0.717, 1.165) is 6.07 Å². The van der Waals surface area contributed by atoms with Gasteiger partial charge in [-0.15, -0.1) is 0 Å². The predicted molar refractivity (Wildman–Crippen MR) is 123 cm³/mol. The van der Waals surface area contributed by atoms with E-state index in [2.05, 4.69) is 25.7 Å². The summed E-state index contributed by atoms with van der Waals surface area (Å²) in [6.07, 6.45) is 3.17. The highest BCUT2D eigenvalue weighted by atomic mass is 35.5. The number of carbonyl (C=O) groups is 1. The fraction of sp³-hybridized carbons (Fsp3) is 0.0909. The molecule has 168 valence electrons. The number of carbonyl (C=O) groups excluding carboxylic acids is 1. The minimum absolute atomic E-state index is 0.0616. The normalized spacial score (nSPS) is 10.8. The molecule has 0 spiro atoms. The van der Waals surface area contributed by atoms with Crippen molar-refractivity contribution >= 4 is 35.0 Å². The van der Waals surface area contributed by atoms with Crippen molar-refractivity contribution in [1.82, 2.24) is 19.7 Å². The maximum Gasteiger partial charge on any atom is 0.323 e. The Hall–Kier alpha value is -4.05. The molecule has 4 aromatic rings. The van der Waals surface area contributed by atoms with Crippen molar-refractivity contribution in [1.29, 1.82) is 0 Å². The molecule has 8 nitrogen and oxygen atoms in total. The van der Waals surface area contributed by atoms with Crippen LogP contribution in [0.15, 0.2) is 54.9 Å². The molecule has 0 radical (unpaired) electrons. The number of aryl methyl sites for hydroxylation is 1. The molecule has 2 heterocycles. The monoisotopic (exact) mass is 469 g/mol. The van der Waals surface area contributed by atoms with E-state index in [-0.39, 0.29) is 27.9 Å². The lowest BCUT2D eigenvalue weighted by atomic mass is 10.0. The Labute approximate surface area is 192 Å². The van der Waals surface area contributed by atoms with Gasteiger partial charge < -0.3 is 16.4 Å². The highest BCUT2D eigenvalue weighted by Gasteiger charge is 2.20. The molecule has 2 aromatic heterocycles. The molecule has 0 aliphatic rings. The van der Waals surface area contributed by atoms with E-state index in [4.69, 9.17) is 17.3 Å². The summed E-state index contributed by atoms with van der Waals surface area (Å²) in [5.41, 5.74) is 6.99. The van der Waals surface area contributed by atoms with Gasteiger partial charge in [0.1, 0.15) is 11.5 Å². The lowest BCUT2D eigenvalue weighted by molar-refractivity contribution is 0.262. The molecule has 0 unspecified atom stereocenters. The molecule has 11 heteroatoms. The number of rotatable bonds is 5. The Balaban J connectivity index is 1.66. The van der Waals surface area contributed by atoms with E-state index < -0.39 is 17.7 Å². The van der Waals surface area contributed by atoms with Gasteiger partial charge in [0.15, 0.2) is 5.82 Å². The molecule has 0 aliphatic heterocycles. The first-order valence-corrected chi connectivity index (χ1v) is 10.2. The quantitative estimate of drug-likeness (QED) is 0.372. The average Bonchev–Trinajstić information content (AvgIpc) is 3.21. The van der Waals surface area contributed by atoms with Crippen LogP contribution in [0.5, 0.6) is 0 Å². The van der Waals surface area contributed by atoms with Crippen molar-refractivity contribution in [3.8, 4) is 22.5 Å². The van der Waals surface area contributed by atoms with Crippen LogP contribution >= 0.6 is 11.6 Å². The molecular formula is C22H18ClF2N7O. The molecule has 0 bridgehead atoms. The third-order valence-electron chi connectivity index (χ3n) is 4.72. The van der Waals surface area contributed by atoms with Crippen molar-refractivity contribution in [3.05, 3.63) is 71.5 Å². The first kappa shape index (κ1) is 22.2. The van der Waals surface area contributed by atoms with Crippen molar-refractivity contribution in [2.45, 2.75) is 13.5 Å². The van der Waals surface area contributed by atoms with Crippen LogP contribution in [0, 0.1) is 11.6 Å². The number of nitrogens with one attached hydrogen (secondary N) is 2. The van der Waals surface area contributed by atoms with Crippen LogP contribution in [0.2, 0.25) is 5.02 Å². The summed E-state index contributed by atoms with van der Waals surface area (Å²) in [6.45, 7) is 2.44. The SMILES string of the molecule is CCn1cc(-c2cccc(NC(=O)Nc3ccc(Cl)cc3F)c2F)c(-c2ccnc(N)n2)n1. The van der Waals surface area contributed by atoms with E-state index in [0.29, 0.717) is 23.5 Å². The topological polar surface area (TPSA) is 111 Å². The van der Waals surface area contributed by atoms with E-state index >= 15 is 4.39 Å². The van der Waals surface area contributed by atoms with Gasteiger partial charge in [0, 0.05) is 35.1 Å². The standard InChI is InChI=1S/C22H18ClF2N7O/c1-2-32-11-14(20(31-32)18-8-9-27-21(26)28-18)13-4-3-5-17(19(13)25)30-22(33)29-16-7-6-12(23)10-15(16)24/h3-11H,2H2,1H3,(H2,26,27,28)(H2,29,30,33). The number of benzene rings is 2. The lowest BCUT2D eigenvalue weighted by Gasteiger charge is -2.11. The molecule has 4 rings (SSSR count). The minimum atomic E-state index is -0.819. The largest absolute Gasteiger partial charge is 0.368 e. The Morgan fingerprint density at radius 1 is 1.12 bits per heavy atom. The van der Waals surface area contributed by atoms with E-state index in [1.165, 1.54) is 24.4 Å². The van der Waals surface area contributed by atoms with Crippen LogP contribution in [0.4, 0.5) is 30.9 Å². The zero-order chi connectivity index (χ0) is 23.5. The first-order valence-electron chi connectivity index (χ1n) is 9.84. The molecule has 4 N–H and O–H groups in total. The number of urea groups is 1. The third-order valence-corrected chi connectivity index (χ3v) is 4.95. The van der Waals surface area contributed by atoms with Gasteiger partial charge >= 0.3 is 6.03 Å². The van der Waals surface area contributed by atoms with Gasteiger partial charge in [0.2, 0.25) is 5.95 Å². The molecule has 2 aromatic carbocycles. The van der Waals surface area contributed by atoms with Gasteiger partial charge in [0.25, 0.3) is 0 Å². The maximum absolute atomic E-state index is 15.4. The van der Waals surface area contributed by atoms with Gasteiger partial charge in [-0.3, -0.25) is 4.68 Å². The zero-order valence-corrected chi connectivity index (χ0v) is 18.1. The molecule has 0 atom stereocenters. The molecule has 0 fully saturated rings. The van der Waals surface area contributed by atoms with Crippen molar-refractivity contribution < 1.29 is 13.6 Å². The number of aromatic nitrogens is 4. The summed E-state index contributed by atoms with van der Waals surface area (Å²) in [5.74, 6) is -1.35. The van der Waals surface area contributed by atoms with Crippen LogP contribution in [-0.2, 0) is 6.54 Å². The second-order valence-electron chi connectivity index (χ2n) is 6.92. The average molecular weight is 470 g/mol. The van der Waals surface area contributed by atoms with Gasteiger partial charge in [-0.25, -0.2) is 23.5 Å². The number of hydrogen-bond acceptors (Lipinski definition) is 5. The number of nitrogen functional groups attached to an aromatic ring is 1. The Morgan fingerprint density at radius 2 is 1.91 bits per heavy atom. The highest BCUT2D eigenvalue weighted by Crippen LogP contribution is 2.34. The Kier molecular flexibility index (Phi) is 6.18. The van der Waals surface area contributed by atoms with Crippen LogP contribution in [0.3, 0.4) is 0 Å². The van der Waals surface area contributed by atoms with E-state index in [1.54, 1.807) is 29.1 Å². The number of halogens is 3. The van der Waals surface area contributed by atoms with Crippen LogP contribution < -0.4 is 16.4 Å². The van der Waals surface area contributed by atoms with Crippen molar-refractivity contribution in [2.24, 2.45) is 0 Å². The second kappa shape index (κ2) is 9.21. The van der Waals surface area contributed by atoms with Crippen molar-refractivity contribution in [3.63, 3.8) is 0 Å². The highest BCUT2D eigenvalue weighted by molar-refractivity contribution is 6.30. The second-order valence-corrected chi connectivity index (χ2v) is 7.35. The summed E-state index contributed by atoms with van der Waals surface area (Å²) in [5, 5.41) is 9.39. The molecule has 33 heavy (non-hydrogen) atoms. The number of anilines is 3. The Morgan fingerprint density at radius 3 is 2.64 bits per heavy atom. The van der Waals surface area contributed by atoms with Gasteiger partial charge in [-0.2, -0.15) is 5.10 Å². The summed E-state index contributed by atoms with van der Waals surface area (Å²) in [6, 6.07) is 9.13. The van der Waals surface area contributed by atoms with Gasteiger partial charge in [-0.05, 0) is 37.3 Å². The predicted octanol–water partition coefficient (Wildman–Crippen LogP) is 5.18. The summed E-state index contributed by atoms with van der Waals surface area (Å²) >= 11 is 5.72. The van der Waals surface area contributed by atoms with E-state index in [9.17, 15) is 9.18 Å². The van der Waals surface area contributed by atoms with Crippen LogP contribution in [-0.4, -0.2) is 25.8 Å². The van der Waals surface area contributed by atoms with Crippen molar-refractivity contribution in [2.75, 3.05) is 16.4 Å². The molecule has 0 saturated carbocycles. The van der Waals surface area contributed by atoms with E-state index in [1.807, 2.05) is 6.92 Å². The number of nitrogens with two attached hydrogens (primary N) is 1. The molecule has 0 saturated heterocycles. The van der Waals surface area contributed by atoms with Crippen LogP contribution in [0.25, 0.3) is 22.5 Å².